The fourth-order valence-electron chi connectivity index (χ4n) is 2.21. The quantitative estimate of drug-likeness (QED) is 0.624. The number of nitrogens with one attached hydrogen (secondary N) is 1. The Balaban J connectivity index is 2.29. The van der Waals surface area contributed by atoms with Crippen molar-refractivity contribution >= 4 is 12.6 Å². The normalized spacial score (nSPS) is 24.6. The van der Waals surface area contributed by atoms with E-state index < -0.39 is 0 Å². The zero-order valence-corrected chi connectivity index (χ0v) is 9.56. The summed E-state index contributed by atoms with van der Waals surface area (Å²) in [5.41, 5.74) is 9.53. The summed E-state index contributed by atoms with van der Waals surface area (Å²) in [6, 6.07) is 0.242. The smallest absolute Gasteiger partial charge is 0.0582 e. The summed E-state index contributed by atoms with van der Waals surface area (Å²) >= 11 is 4.18. The van der Waals surface area contributed by atoms with Crippen LogP contribution in [0.1, 0.15) is 19.3 Å². The first kappa shape index (κ1) is 10.4. The maximum atomic E-state index is 6.03. The fraction of sp³-hybridized carbons (Fsp3) is 0.333. The third kappa shape index (κ3) is 2.12. The Hall–Kier alpha value is -1.09. The van der Waals surface area contributed by atoms with Crippen molar-refractivity contribution in [1.29, 1.82) is 0 Å². The molecule has 0 saturated carbocycles. The molecule has 1 atom stereocenters. The van der Waals surface area contributed by atoms with Crippen LogP contribution in [0, 0.1) is 0 Å². The van der Waals surface area contributed by atoms with Crippen LogP contribution < -0.4 is 11.1 Å². The second kappa shape index (κ2) is 4.19. The first-order valence-corrected chi connectivity index (χ1v) is 5.63. The van der Waals surface area contributed by atoms with Crippen molar-refractivity contribution in [2.75, 3.05) is 0 Å². The average molecular weight is 220 g/mol. The van der Waals surface area contributed by atoms with E-state index in [1.807, 2.05) is 0 Å². The Kier molecular flexibility index (Phi) is 2.91. The van der Waals surface area contributed by atoms with Gasteiger partial charge in [-0.2, -0.15) is 0 Å². The van der Waals surface area contributed by atoms with E-state index in [9.17, 15) is 0 Å². The molecule has 80 valence electrons. The van der Waals surface area contributed by atoms with Gasteiger partial charge in [-0.15, -0.1) is 12.6 Å². The second-order valence-electron chi connectivity index (χ2n) is 3.92. The number of rotatable bonds is 2. The lowest BCUT2D eigenvalue weighted by atomic mass is 9.85. The lowest BCUT2D eigenvalue weighted by Crippen LogP contribution is -2.33. The number of hydrogen-bond donors (Lipinski definition) is 3. The molecule has 3 N–H and O–H groups in total. The van der Waals surface area contributed by atoms with E-state index in [1.54, 1.807) is 0 Å². The predicted octanol–water partition coefficient (Wildman–Crippen LogP) is 2.24. The molecule has 0 bridgehead atoms. The molecule has 2 aliphatic rings. The number of nitrogens with two attached hydrogens (primary N) is 1. The van der Waals surface area contributed by atoms with Crippen LogP contribution in [0.3, 0.4) is 0 Å². The SMILES string of the molecule is C=C(S)NC1CC=CC2=C1C(N)=CCC2. The lowest BCUT2D eigenvalue weighted by Gasteiger charge is -2.29. The van der Waals surface area contributed by atoms with E-state index in [0.29, 0.717) is 5.03 Å². The Morgan fingerprint density at radius 3 is 3.13 bits per heavy atom. The topological polar surface area (TPSA) is 38.0 Å². The van der Waals surface area contributed by atoms with Crippen LogP contribution in [0.4, 0.5) is 0 Å². The van der Waals surface area contributed by atoms with Crippen molar-refractivity contribution in [2.45, 2.75) is 25.3 Å². The fourth-order valence-corrected chi connectivity index (χ4v) is 2.36. The van der Waals surface area contributed by atoms with Gasteiger partial charge in [0.15, 0.2) is 0 Å². The lowest BCUT2D eigenvalue weighted by molar-refractivity contribution is 0.647. The first-order valence-electron chi connectivity index (χ1n) is 5.18. The zero-order valence-electron chi connectivity index (χ0n) is 8.66. The molecular weight excluding hydrogens is 204 g/mol. The van der Waals surface area contributed by atoms with Gasteiger partial charge >= 0.3 is 0 Å². The zero-order chi connectivity index (χ0) is 10.8. The Morgan fingerprint density at radius 2 is 2.40 bits per heavy atom. The van der Waals surface area contributed by atoms with Gasteiger partial charge in [0.05, 0.1) is 11.1 Å². The summed E-state index contributed by atoms with van der Waals surface area (Å²) in [5.74, 6) is 0. The highest BCUT2D eigenvalue weighted by atomic mass is 32.1. The van der Waals surface area contributed by atoms with Crippen LogP contribution in [0.15, 0.2) is 46.7 Å². The van der Waals surface area contributed by atoms with Crippen LogP contribution in [0.2, 0.25) is 0 Å². The van der Waals surface area contributed by atoms with Gasteiger partial charge in [0.2, 0.25) is 0 Å². The summed E-state index contributed by atoms with van der Waals surface area (Å²) in [5, 5.41) is 3.95. The van der Waals surface area contributed by atoms with E-state index in [-0.39, 0.29) is 6.04 Å². The van der Waals surface area contributed by atoms with Crippen LogP contribution in [0.25, 0.3) is 0 Å². The predicted molar refractivity (Wildman–Crippen MR) is 67.3 cm³/mol. The van der Waals surface area contributed by atoms with Gasteiger partial charge < -0.3 is 11.1 Å². The van der Waals surface area contributed by atoms with Crippen molar-refractivity contribution in [1.82, 2.24) is 5.32 Å². The van der Waals surface area contributed by atoms with Gasteiger partial charge in [-0.3, -0.25) is 0 Å². The average Bonchev–Trinajstić information content (AvgIpc) is 2.17. The van der Waals surface area contributed by atoms with Crippen molar-refractivity contribution < 1.29 is 0 Å². The minimum atomic E-state index is 0.242. The molecule has 0 aromatic carbocycles. The number of thiol groups is 1. The summed E-state index contributed by atoms with van der Waals surface area (Å²) < 4.78 is 0. The molecule has 0 radical (unpaired) electrons. The van der Waals surface area contributed by atoms with E-state index in [4.69, 9.17) is 5.73 Å². The molecule has 0 aromatic rings. The Labute approximate surface area is 96.0 Å². The van der Waals surface area contributed by atoms with Gasteiger partial charge in [0, 0.05) is 11.3 Å². The highest BCUT2D eigenvalue weighted by Crippen LogP contribution is 2.31. The van der Waals surface area contributed by atoms with Crippen LogP contribution in [0.5, 0.6) is 0 Å². The molecule has 0 fully saturated rings. The van der Waals surface area contributed by atoms with E-state index in [2.05, 4.69) is 42.8 Å². The molecule has 0 spiro atoms. The molecule has 0 heterocycles. The minimum absolute atomic E-state index is 0.242. The van der Waals surface area contributed by atoms with Gasteiger partial charge in [-0.25, -0.2) is 0 Å². The van der Waals surface area contributed by atoms with E-state index >= 15 is 0 Å². The summed E-state index contributed by atoms with van der Waals surface area (Å²) in [4.78, 5) is 0. The summed E-state index contributed by atoms with van der Waals surface area (Å²) in [6.45, 7) is 3.76. The Morgan fingerprint density at radius 1 is 1.60 bits per heavy atom. The first-order chi connectivity index (χ1) is 7.18. The van der Waals surface area contributed by atoms with Gasteiger partial charge in [-0.05, 0) is 24.8 Å². The summed E-state index contributed by atoms with van der Waals surface area (Å²) in [7, 11) is 0. The maximum Gasteiger partial charge on any atom is 0.0582 e. The molecule has 2 rings (SSSR count). The van der Waals surface area contributed by atoms with Crippen LogP contribution in [-0.4, -0.2) is 6.04 Å². The molecular formula is C12H16N2S. The van der Waals surface area contributed by atoms with Gasteiger partial charge in [-0.1, -0.05) is 24.8 Å². The van der Waals surface area contributed by atoms with E-state index in [0.717, 1.165) is 25.0 Å². The van der Waals surface area contributed by atoms with E-state index in [1.165, 1.54) is 11.1 Å². The molecule has 0 amide bonds. The Bertz CT molecular complexity index is 377. The molecule has 2 aliphatic carbocycles. The van der Waals surface area contributed by atoms with Crippen molar-refractivity contribution in [3.05, 3.63) is 46.7 Å². The van der Waals surface area contributed by atoms with Crippen molar-refractivity contribution in [2.24, 2.45) is 5.73 Å². The molecule has 0 aliphatic heterocycles. The van der Waals surface area contributed by atoms with Crippen LogP contribution >= 0.6 is 12.6 Å². The molecule has 2 nitrogen and oxygen atoms in total. The molecule has 1 unspecified atom stereocenters. The molecule has 0 aromatic heterocycles. The highest BCUT2D eigenvalue weighted by molar-refractivity contribution is 7.84. The summed E-state index contributed by atoms with van der Waals surface area (Å²) in [6.07, 6.45) is 9.56. The standard InChI is InChI=1S/C12H16N2S/c1-8(15)14-11-7-3-5-9-4-2-6-10(13)12(9)11/h3,5-6,11,14-15H,1-2,4,7,13H2. The van der Waals surface area contributed by atoms with Gasteiger partial charge in [0.25, 0.3) is 0 Å². The van der Waals surface area contributed by atoms with Crippen molar-refractivity contribution in [3.63, 3.8) is 0 Å². The molecule has 3 heteroatoms. The van der Waals surface area contributed by atoms with Gasteiger partial charge in [0.1, 0.15) is 0 Å². The molecule has 0 saturated heterocycles. The monoisotopic (exact) mass is 220 g/mol. The number of allylic oxidation sites excluding steroid dienone is 3. The third-order valence-electron chi connectivity index (χ3n) is 2.82. The maximum absolute atomic E-state index is 6.03. The largest absolute Gasteiger partial charge is 0.399 e. The van der Waals surface area contributed by atoms with Crippen molar-refractivity contribution in [3.8, 4) is 0 Å². The van der Waals surface area contributed by atoms with Crippen LogP contribution in [-0.2, 0) is 0 Å². The minimum Gasteiger partial charge on any atom is -0.399 e. The third-order valence-corrected chi connectivity index (χ3v) is 2.94. The molecule has 15 heavy (non-hydrogen) atoms. The highest BCUT2D eigenvalue weighted by Gasteiger charge is 2.23. The second-order valence-corrected chi connectivity index (χ2v) is 4.46. The number of hydrogen-bond acceptors (Lipinski definition) is 3.